The van der Waals surface area contributed by atoms with Crippen molar-refractivity contribution in [3.63, 3.8) is 0 Å². The molecule has 244 valence electrons. The maximum absolute atomic E-state index is 5.39. The molecule has 0 spiro atoms. The minimum Gasteiger partial charge on any atom is -0.309 e. The summed E-state index contributed by atoms with van der Waals surface area (Å²) in [6, 6.07) is 64.9. The first-order valence-corrected chi connectivity index (χ1v) is 17.7. The molecule has 10 rings (SSSR count). The molecular weight excluding hydrogens is 631 g/mol. The third-order valence-electron chi connectivity index (χ3n) is 10.3. The van der Waals surface area contributed by atoms with E-state index in [1.807, 2.05) is 6.08 Å². The van der Waals surface area contributed by atoms with Gasteiger partial charge in [-0.2, -0.15) is 0 Å². The number of rotatable bonds is 6. The van der Waals surface area contributed by atoms with Crippen LogP contribution in [0.2, 0.25) is 0 Å². The second-order valence-electron chi connectivity index (χ2n) is 13.3. The molecule has 0 saturated heterocycles. The van der Waals surface area contributed by atoms with Gasteiger partial charge >= 0.3 is 0 Å². The van der Waals surface area contributed by atoms with Crippen molar-refractivity contribution in [2.24, 2.45) is 0 Å². The van der Waals surface area contributed by atoms with Gasteiger partial charge in [-0.3, -0.25) is 0 Å². The van der Waals surface area contributed by atoms with E-state index in [0.29, 0.717) is 0 Å². The van der Waals surface area contributed by atoms with Gasteiger partial charge in [0.2, 0.25) is 0 Å². The number of benzene rings is 7. The average Bonchev–Trinajstić information content (AvgIpc) is 3.74. The molecule has 0 saturated carbocycles. The zero-order chi connectivity index (χ0) is 34.6. The second kappa shape index (κ2) is 12.1. The molecule has 3 heterocycles. The molecule has 0 unspecified atom stereocenters. The number of hydrogen-bond donors (Lipinski definition) is 0. The highest BCUT2D eigenvalue weighted by atomic mass is 15.0. The predicted octanol–water partition coefficient (Wildman–Crippen LogP) is 12.9. The Balaban J connectivity index is 1.16. The quantitative estimate of drug-likeness (QED) is 0.174. The third kappa shape index (κ3) is 4.79. The largest absolute Gasteiger partial charge is 0.309 e. The minimum absolute atomic E-state index is 0.924. The minimum atomic E-state index is 0.924. The summed E-state index contributed by atoms with van der Waals surface area (Å²) in [6.07, 6.45) is 1.95. The molecule has 0 aliphatic heterocycles. The van der Waals surface area contributed by atoms with E-state index in [9.17, 15) is 0 Å². The van der Waals surface area contributed by atoms with E-state index in [0.717, 1.165) is 61.6 Å². The highest BCUT2D eigenvalue weighted by molar-refractivity contribution is 6.13. The molecule has 7 aromatic carbocycles. The summed E-state index contributed by atoms with van der Waals surface area (Å²) in [5.41, 5.74) is 14.3. The van der Waals surface area contributed by atoms with E-state index >= 15 is 0 Å². The summed E-state index contributed by atoms with van der Waals surface area (Å²) in [5.74, 6) is 0. The van der Waals surface area contributed by atoms with E-state index in [1.54, 1.807) is 0 Å². The lowest BCUT2D eigenvalue weighted by Gasteiger charge is -2.14. The fourth-order valence-corrected chi connectivity index (χ4v) is 7.93. The van der Waals surface area contributed by atoms with Crippen LogP contribution >= 0.6 is 0 Å². The maximum atomic E-state index is 5.39. The van der Waals surface area contributed by atoms with Crippen LogP contribution < -0.4 is 0 Å². The monoisotopic (exact) mass is 663 g/mol. The number of aromatic nitrogens is 3. The second-order valence-corrected chi connectivity index (χ2v) is 13.3. The van der Waals surface area contributed by atoms with Crippen LogP contribution in [0.3, 0.4) is 0 Å². The molecule has 3 nitrogen and oxygen atoms in total. The lowest BCUT2D eigenvalue weighted by molar-refractivity contribution is 1.17. The van der Waals surface area contributed by atoms with E-state index in [4.69, 9.17) is 4.98 Å². The number of hydrogen-bond acceptors (Lipinski definition) is 1. The molecule has 0 N–H and O–H groups in total. The van der Waals surface area contributed by atoms with Crippen molar-refractivity contribution in [1.82, 2.24) is 14.1 Å². The summed E-state index contributed by atoms with van der Waals surface area (Å²) in [4.78, 5) is 5.39. The van der Waals surface area contributed by atoms with E-state index in [2.05, 4.69) is 198 Å². The van der Waals surface area contributed by atoms with Gasteiger partial charge in [0.1, 0.15) is 0 Å². The Morgan fingerprint density at radius 1 is 0.385 bits per heavy atom. The van der Waals surface area contributed by atoms with Crippen LogP contribution in [0.4, 0.5) is 0 Å². The van der Waals surface area contributed by atoms with Crippen LogP contribution in [0.1, 0.15) is 5.56 Å². The smallest absolute Gasteiger partial charge is 0.0716 e. The fourth-order valence-electron chi connectivity index (χ4n) is 7.93. The van der Waals surface area contributed by atoms with Gasteiger partial charge in [-0.05, 0) is 77.4 Å². The first-order valence-electron chi connectivity index (χ1n) is 17.7. The van der Waals surface area contributed by atoms with Gasteiger partial charge in [0.05, 0.1) is 33.5 Å². The summed E-state index contributed by atoms with van der Waals surface area (Å²) in [6.45, 7) is 4.12. The number of nitrogens with zero attached hydrogens (tertiary/aromatic N) is 3. The average molecular weight is 664 g/mol. The molecule has 0 aliphatic rings. The third-order valence-corrected chi connectivity index (χ3v) is 10.3. The SMILES string of the molecule is C=Cc1cccc2c1c1ccccc1n2-c1cccc(-c2cc(-c3ccccc3)cc(-c3cccc(-n4c5ccccc5c5ccccc54)c3)n2)c1. The Morgan fingerprint density at radius 2 is 0.846 bits per heavy atom. The van der Waals surface area contributed by atoms with Crippen LogP contribution in [0.15, 0.2) is 189 Å². The van der Waals surface area contributed by atoms with Crippen molar-refractivity contribution in [3.05, 3.63) is 194 Å². The molecule has 52 heavy (non-hydrogen) atoms. The maximum Gasteiger partial charge on any atom is 0.0716 e. The highest BCUT2D eigenvalue weighted by Crippen LogP contribution is 2.38. The Bertz CT molecular complexity index is 2930. The molecule has 0 aliphatic carbocycles. The molecule has 0 bridgehead atoms. The topological polar surface area (TPSA) is 22.8 Å². The lowest BCUT2D eigenvalue weighted by atomic mass is 9.99. The Hall–Kier alpha value is -6.97. The van der Waals surface area contributed by atoms with Crippen molar-refractivity contribution in [3.8, 4) is 45.0 Å². The van der Waals surface area contributed by atoms with Crippen LogP contribution in [-0.4, -0.2) is 14.1 Å². The molecule has 0 atom stereocenters. The molecule has 0 amide bonds. The van der Waals surface area contributed by atoms with Gasteiger partial charge in [-0.1, -0.05) is 134 Å². The fraction of sp³-hybridized carbons (Fsp3) is 0. The van der Waals surface area contributed by atoms with Gasteiger partial charge in [0.25, 0.3) is 0 Å². The summed E-state index contributed by atoms with van der Waals surface area (Å²) in [7, 11) is 0. The van der Waals surface area contributed by atoms with E-state index in [1.165, 1.54) is 32.6 Å². The number of para-hydroxylation sites is 3. The summed E-state index contributed by atoms with van der Waals surface area (Å²) in [5, 5.41) is 4.93. The first-order chi connectivity index (χ1) is 25.7. The van der Waals surface area contributed by atoms with Crippen molar-refractivity contribution in [1.29, 1.82) is 0 Å². The molecule has 0 radical (unpaired) electrons. The zero-order valence-corrected chi connectivity index (χ0v) is 28.4. The zero-order valence-electron chi connectivity index (χ0n) is 28.4. The number of fused-ring (bicyclic) bond motifs is 6. The van der Waals surface area contributed by atoms with Crippen LogP contribution in [-0.2, 0) is 0 Å². The van der Waals surface area contributed by atoms with E-state index < -0.39 is 0 Å². The molecule has 10 aromatic rings. The Morgan fingerprint density at radius 3 is 1.44 bits per heavy atom. The van der Waals surface area contributed by atoms with Gasteiger partial charge in [0, 0.05) is 44.0 Å². The van der Waals surface area contributed by atoms with Crippen LogP contribution in [0, 0.1) is 0 Å². The van der Waals surface area contributed by atoms with Crippen molar-refractivity contribution in [2.45, 2.75) is 0 Å². The van der Waals surface area contributed by atoms with E-state index in [-0.39, 0.29) is 0 Å². The number of pyridine rings is 1. The van der Waals surface area contributed by atoms with Crippen molar-refractivity contribution >= 4 is 49.7 Å². The van der Waals surface area contributed by atoms with Crippen molar-refractivity contribution in [2.75, 3.05) is 0 Å². The first kappa shape index (κ1) is 29.9. The van der Waals surface area contributed by atoms with Gasteiger partial charge < -0.3 is 9.13 Å². The van der Waals surface area contributed by atoms with Crippen LogP contribution in [0.5, 0.6) is 0 Å². The Kier molecular flexibility index (Phi) is 6.97. The Labute approximate surface area is 302 Å². The summed E-state index contributed by atoms with van der Waals surface area (Å²) < 4.78 is 4.72. The van der Waals surface area contributed by atoms with Gasteiger partial charge in [-0.25, -0.2) is 4.98 Å². The van der Waals surface area contributed by atoms with Gasteiger partial charge in [0.15, 0.2) is 0 Å². The molecule has 3 heteroatoms. The normalized spacial score (nSPS) is 11.5. The highest BCUT2D eigenvalue weighted by Gasteiger charge is 2.17. The molecule has 3 aromatic heterocycles. The van der Waals surface area contributed by atoms with Crippen molar-refractivity contribution < 1.29 is 0 Å². The lowest BCUT2D eigenvalue weighted by Crippen LogP contribution is -1.97. The van der Waals surface area contributed by atoms with Crippen LogP contribution in [0.25, 0.3) is 94.7 Å². The molecular formula is C49H33N3. The predicted molar refractivity (Wildman–Crippen MR) is 219 cm³/mol. The standard InChI is InChI=1S/C49H33N3/c1-2-33-17-14-28-48-49(33)42-24-8-11-27-47(42)52(48)39-21-13-19-36(30-39)44-32-37(34-15-4-3-5-16-34)31-43(50-44)35-18-12-20-38(29-35)51-45-25-9-6-22-40(45)41-23-7-10-26-46(41)51/h2-32H,1H2. The van der Waals surface area contributed by atoms with Gasteiger partial charge in [-0.15, -0.1) is 0 Å². The molecule has 0 fully saturated rings. The summed E-state index contributed by atoms with van der Waals surface area (Å²) >= 11 is 0.